The number of fused-ring (bicyclic) bond motifs is 2. The molecule has 160 valence electrons. The van der Waals surface area contributed by atoms with E-state index < -0.39 is 0 Å². The molecule has 0 fully saturated rings. The maximum absolute atomic E-state index is 8.38. The van der Waals surface area contributed by atoms with Crippen LogP contribution in [-0.4, -0.2) is 11.4 Å². The van der Waals surface area contributed by atoms with Crippen LogP contribution >= 0.6 is 31.9 Å². The van der Waals surface area contributed by atoms with Crippen LogP contribution in [0.15, 0.2) is 104 Å². The Hall–Kier alpha value is -3.84. The van der Waals surface area contributed by atoms with Crippen molar-refractivity contribution < 1.29 is 0 Å². The van der Waals surface area contributed by atoms with Crippen LogP contribution in [0.25, 0.3) is 43.1 Å². The SMILES string of the molecule is N#CN=C1C=C(Br)C(=NC#N)C=C1Br.c1cc2cccc3c4cccc5cccc(c(c1)c23)c54. The smallest absolute Gasteiger partial charge is 0.173 e. The first kappa shape index (κ1) is 22.0. The molecule has 0 spiro atoms. The Morgan fingerprint density at radius 3 is 1.15 bits per heavy atom. The molecule has 0 saturated heterocycles. The second-order valence-corrected chi connectivity index (χ2v) is 9.31. The lowest BCUT2D eigenvalue weighted by atomic mass is 9.90. The van der Waals surface area contributed by atoms with Gasteiger partial charge in [0.1, 0.15) is 0 Å². The molecule has 0 N–H and O–H groups in total. The molecular formula is C28H14Br2N4. The van der Waals surface area contributed by atoms with E-state index in [1.165, 1.54) is 43.1 Å². The van der Waals surface area contributed by atoms with E-state index in [1.807, 2.05) is 0 Å². The zero-order valence-electron chi connectivity index (χ0n) is 17.6. The van der Waals surface area contributed by atoms with Crippen LogP contribution in [0.5, 0.6) is 0 Å². The monoisotopic (exact) mass is 564 g/mol. The normalized spacial score (nSPS) is 15.8. The Labute approximate surface area is 212 Å². The average Bonchev–Trinajstić information content (AvgIpc) is 2.86. The molecule has 0 aliphatic heterocycles. The minimum absolute atomic E-state index is 0.497. The van der Waals surface area contributed by atoms with Crippen LogP contribution in [-0.2, 0) is 0 Å². The zero-order chi connectivity index (χ0) is 23.7. The molecule has 0 aromatic heterocycles. The molecule has 0 unspecified atom stereocenters. The maximum atomic E-state index is 8.38. The van der Waals surface area contributed by atoms with E-state index in [0.29, 0.717) is 20.4 Å². The molecule has 4 nitrogen and oxygen atoms in total. The fourth-order valence-corrected chi connectivity index (χ4v) is 5.22. The Kier molecular flexibility index (Phi) is 5.94. The van der Waals surface area contributed by atoms with E-state index in [9.17, 15) is 0 Å². The van der Waals surface area contributed by atoms with Crippen molar-refractivity contribution in [3.05, 3.63) is 93.9 Å². The van der Waals surface area contributed by atoms with Gasteiger partial charge < -0.3 is 0 Å². The molecular weight excluding hydrogens is 552 g/mol. The molecule has 0 amide bonds. The van der Waals surface area contributed by atoms with Gasteiger partial charge in [-0.15, -0.1) is 0 Å². The number of hydrogen-bond acceptors (Lipinski definition) is 4. The third-order valence-electron chi connectivity index (χ3n) is 5.75. The van der Waals surface area contributed by atoms with Gasteiger partial charge in [-0.1, -0.05) is 72.8 Å². The summed E-state index contributed by atoms with van der Waals surface area (Å²) in [5.41, 5.74) is 0.993. The molecule has 0 bridgehead atoms. The lowest BCUT2D eigenvalue weighted by Gasteiger charge is -2.13. The summed E-state index contributed by atoms with van der Waals surface area (Å²) < 4.78 is 1.24. The highest BCUT2D eigenvalue weighted by Crippen LogP contribution is 2.39. The highest BCUT2D eigenvalue weighted by Gasteiger charge is 2.14. The van der Waals surface area contributed by atoms with Gasteiger partial charge in [-0.3, -0.25) is 0 Å². The lowest BCUT2D eigenvalue weighted by Crippen LogP contribution is -2.07. The van der Waals surface area contributed by atoms with Gasteiger partial charge in [0, 0.05) is 8.96 Å². The summed E-state index contributed by atoms with van der Waals surface area (Å²) in [6.07, 6.45) is 6.59. The Morgan fingerprint density at radius 2 is 0.853 bits per heavy atom. The largest absolute Gasteiger partial charge is 0.206 e. The van der Waals surface area contributed by atoms with Gasteiger partial charge in [0.15, 0.2) is 0 Å². The molecule has 5 aromatic rings. The highest BCUT2D eigenvalue weighted by molar-refractivity contribution is 9.12. The molecule has 1 aliphatic rings. The van der Waals surface area contributed by atoms with Gasteiger partial charge in [0.05, 0.1) is 11.4 Å². The Balaban J connectivity index is 0.000000153. The predicted molar refractivity (Wildman–Crippen MR) is 148 cm³/mol. The Bertz CT molecular complexity index is 1580. The number of rotatable bonds is 0. The number of benzene rings is 5. The van der Waals surface area contributed by atoms with Crippen molar-refractivity contribution >= 4 is 86.4 Å². The summed E-state index contributed by atoms with van der Waals surface area (Å²) in [6, 6.07) is 26.4. The van der Waals surface area contributed by atoms with Gasteiger partial charge in [0.2, 0.25) is 12.4 Å². The van der Waals surface area contributed by atoms with Crippen molar-refractivity contribution in [3.8, 4) is 12.4 Å². The molecule has 0 radical (unpaired) electrons. The fraction of sp³-hybridized carbons (Fsp3) is 0. The van der Waals surface area contributed by atoms with E-state index in [4.69, 9.17) is 10.5 Å². The van der Waals surface area contributed by atoms with E-state index >= 15 is 0 Å². The quantitative estimate of drug-likeness (QED) is 0.0822. The summed E-state index contributed by atoms with van der Waals surface area (Å²) >= 11 is 6.43. The molecule has 1 aliphatic carbocycles. The molecule has 5 aromatic carbocycles. The van der Waals surface area contributed by atoms with Crippen molar-refractivity contribution in [2.24, 2.45) is 9.98 Å². The van der Waals surface area contributed by atoms with Gasteiger partial charge in [0.25, 0.3) is 0 Å². The number of hydrogen-bond donors (Lipinski definition) is 0. The van der Waals surface area contributed by atoms with Crippen LogP contribution < -0.4 is 0 Å². The topological polar surface area (TPSA) is 72.3 Å². The molecule has 0 saturated carbocycles. The summed E-state index contributed by atoms with van der Waals surface area (Å²) in [7, 11) is 0. The highest BCUT2D eigenvalue weighted by atomic mass is 79.9. The maximum Gasteiger partial charge on any atom is 0.206 e. The standard InChI is InChI=1S/C20H12.C8H2Br2N4/c1-5-13-6-2-11-17-18-12-4-8-14-7-3-10-16(20(14)18)15(9-1)19(13)17;9-5-1-7(13-3-11)6(10)2-8(5)14-4-12/h1-12H;1-2H. The summed E-state index contributed by atoms with van der Waals surface area (Å²) in [4.78, 5) is 7.14. The van der Waals surface area contributed by atoms with Crippen molar-refractivity contribution in [2.75, 3.05) is 0 Å². The zero-order valence-corrected chi connectivity index (χ0v) is 20.8. The van der Waals surface area contributed by atoms with Crippen molar-refractivity contribution in [2.45, 2.75) is 0 Å². The van der Waals surface area contributed by atoms with Crippen LogP contribution in [0.3, 0.4) is 0 Å². The molecule has 0 heterocycles. The summed E-state index contributed by atoms with van der Waals surface area (Å²) in [5.74, 6) is 0. The average molecular weight is 566 g/mol. The number of halogens is 2. The van der Waals surface area contributed by atoms with Crippen LogP contribution in [0.1, 0.15) is 0 Å². The first-order chi connectivity index (χ1) is 16.6. The molecule has 34 heavy (non-hydrogen) atoms. The summed E-state index contributed by atoms with van der Waals surface area (Å²) in [6.45, 7) is 0. The van der Waals surface area contributed by atoms with Gasteiger partial charge in [-0.25, -0.2) is 0 Å². The fourth-order valence-electron chi connectivity index (χ4n) is 4.38. The van der Waals surface area contributed by atoms with Gasteiger partial charge in [-0.05, 0) is 87.1 Å². The van der Waals surface area contributed by atoms with E-state index in [1.54, 1.807) is 24.5 Å². The van der Waals surface area contributed by atoms with Crippen LogP contribution in [0, 0.1) is 22.9 Å². The molecule has 6 rings (SSSR count). The molecule has 0 atom stereocenters. The minimum atomic E-state index is 0.497. The van der Waals surface area contributed by atoms with Gasteiger partial charge >= 0.3 is 0 Å². The van der Waals surface area contributed by atoms with E-state index in [2.05, 4.69) is 115 Å². The van der Waals surface area contributed by atoms with E-state index in [0.717, 1.165) is 0 Å². The third kappa shape index (κ3) is 3.78. The van der Waals surface area contributed by atoms with Crippen molar-refractivity contribution in [3.63, 3.8) is 0 Å². The predicted octanol–water partition coefficient (Wildman–Crippen LogP) is 8.14. The van der Waals surface area contributed by atoms with Crippen LogP contribution in [0.4, 0.5) is 0 Å². The van der Waals surface area contributed by atoms with Crippen molar-refractivity contribution in [1.82, 2.24) is 0 Å². The number of allylic oxidation sites excluding steroid dienone is 4. The second-order valence-electron chi connectivity index (χ2n) is 7.60. The summed E-state index contributed by atoms with van der Waals surface area (Å²) in [5, 5.41) is 27.6. The number of nitrogens with zero attached hydrogens (tertiary/aromatic N) is 4. The van der Waals surface area contributed by atoms with E-state index in [-0.39, 0.29) is 0 Å². The lowest BCUT2D eigenvalue weighted by molar-refractivity contribution is 1.43. The third-order valence-corrected chi connectivity index (χ3v) is 7.02. The number of aliphatic imine (C=N–C) groups is 2. The van der Waals surface area contributed by atoms with Crippen LogP contribution in [0.2, 0.25) is 0 Å². The Morgan fingerprint density at radius 1 is 0.529 bits per heavy atom. The van der Waals surface area contributed by atoms with Crippen molar-refractivity contribution in [1.29, 1.82) is 10.5 Å². The minimum Gasteiger partial charge on any atom is -0.173 e. The first-order valence-electron chi connectivity index (χ1n) is 10.4. The second kappa shape index (κ2) is 9.19. The van der Waals surface area contributed by atoms with Gasteiger partial charge in [-0.2, -0.15) is 20.5 Å². The first-order valence-corrected chi connectivity index (χ1v) is 11.9. The number of nitriles is 2. The molecule has 6 heteroatoms.